The van der Waals surface area contributed by atoms with Crippen LogP contribution in [0.3, 0.4) is 0 Å². The molecule has 1 aromatic rings. The number of carboxylic acid groups (broad SMARTS) is 1. The second-order valence-electron chi connectivity index (χ2n) is 3.99. The molecule has 3 N–H and O–H groups in total. The molecule has 0 saturated carbocycles. The van der Waals surface area contributed by atoms with E-state index in [0.717, 1.165) is 0 Å². The molecule has 0 atom stereocenters. The second kappa shape index (κ2) is 7.13. The van der Waals surface area contributed by atoms with Gasteiger partial charge in [0.1, 0.15) is 12.3 Å². The van der Waals surface area contributed by atoms with Crippen molar-refractivity contribution in [2.45, 2.75) is 6.92 Å². The first-order chi connectivity index (χ1) is 9.43. The molecule has 1 aromatic carbocycles. The fourth-order valence-corrected chi connectivity index (χ4v) is 1.52. The molecule has 0 aliphatic heterocycles. The van der Waals surface area contributed by atoms with E-state index < -0.39 is 11.9 Å². The van der Waals surface area contributed by atoms with Crippen molar-refractivity contribution in [2.24, 2.45) is 5.73 Å². The van der Waals surface area contributed by atoms with Crippen molar-refractivity contribution in [3.8, 4) is 5.75 Å². The first kappa shape index (κ1) is 15.5. The number of carbonyl (C=O) groups excluding carboxylic acids is 2. The van der Waals surface area contributed by atoms with Crippen molar-refractivity contribution < 1.29 is 24.2 Å². The van der Waals surface area contributed by atoms with E-state index in [0.29, 0.717) is 17.9 Å². The minimum atomic E-state index is -1.07. The number of nitrogens with zero attached hydrogens (tertiary/aromatic N) is 1. The molecule has 20 heavy (non-hydrogen) atoms. The third kappa shape index (κ3) is 4.60. The van der Waals surface area contributed by atoms with Gasteiger partial charge in [-0.3, -0.25) is 14.4 Å². The summed E-state index contributed by atoms with van der Waals surface area (Å²) in [5.41, 5.74) is 5.29. The molecule has 0 radical (unpaired) electrons. The molecule has 0 aliphatic carbocycles. The predicted molar refractivity (Wildman–Crippen MR) is 70.3 cm³/mol. The maximum Gasteiger partial charge on any atom is 0.323 e. The van der Waals surface area contributed by atoms with Gasteiger partial charge in [0.15, 0.2) is 6.61 Å². The highest BCUT2D eigenvalue weighted by molar-refractivity contribution is 5.95. The Morgan fingerprint density at radius 2 is 1.85 bits per heavy atom. The lowest BCUT2D eigenvalue weighted by molar-refractivity contribution is -0.137. The van der Waals surface area contributed by atoms with Gasteiger partial charge < -0.3 is 20.5 Å². The fraction of sp³-hybridized carbons (Fsp3) is 0.308. The number of nitrogens with two attached hydrogens (primary N) is 1. The minimum Gasteiger partial charge on any atom is -0.484 e. The van der Waals surface area contributed by atoms with Crippen LogP contribution in [0.2, 0.25) is 0 Å². The van der Waals surface area contributed by atoms with Crippen molar-refractivity contribution >= 4 is 17.8 Å². The molecule has 2 amide bonds. The molecule has 108 valence electrons. The van der Waals surface area contributed by atoms with Gasteiger partial charge in [-0.25, -0.2) is 0 Å². The van der Waals surface area contributed by atoms with Gasteiger partial charge in [0, 0.05) is 12.1 Å². The van der Waals surface area contributed by atoms with Crippen molar-refractivity contribution in [3.05, 3.63) is 29.8 Å². The van der Waals surface area contributed by atoms with Crippen LogP contribution in [-0.4, -0.2) is 47.5 Å². The Morgan fingerprint density at radius 3 is 2.30 bits per heavy atom. The SMILES string of the molecule is CCN(CC(=O)O)C(=O)c1ccc(OCC(N)=O)cc1. The summed E-state index contributed by atoms with van der Waals surface area (Å²) in [5.74, 6) is -1.64. The molecule has 0 saturated heterocycles. The van der Waals surface area contributed by atoms with Crippen molar-refractivity contribution in [3.63, 3.8) is 0 Å². The lowest BCUT2D eigenvalue weighted by atomic mass is 10.2. The normalized spacial score (nSPS) is 9.85. The van der Waals surface area contributed by atoms with E-state index in [1.165, 1.54) is 29.2 Å². The Morgan fingerprint density at radius 1 is 1.25 bits per heavy atom. The summed E-state index contributed by atoms with van der Waals surface area (Å²) in [6, 6.07) is 6.04. The van der Waals surface area contributed by atoms with E-state index in [2.05, 4.69) is 0 Å². The first-order valence-corrected chi connectivity index (χ1v) is 5.96. The van der Waals surface area contributed by atoms with Crippen molar-refractivity contribution in [1.82, 2.24) is 4.90 Å². The van der Waals surface area contributed by atoms with E-state index in [4.69, 9.17) is 15.6 Å². The van der Waals surface area contributed by atoms with Gasteiger partial charge in [0.25, 0.3) is 11.8 Å². The topological polar surface area (TPSA) is 110 Å². The van der Waals surface area contributed by atoms with Crippen LogP contribution < -0.4 is 10.5 Å². The van der Waals surface area contributed by atoms with Gasteiger partial charge in [-0.05, 0) is 31.2 Å². The number of hydrogen-bond acceptors (Lipinski definition) is 4. The summed E-state index contributed by atoms with van der Waals surface area (Å²) < 4.78 is 5.06. The monoisotopic (exact) mass is 280 g/mol. The zero-order valence-electron chi connectivity index (χ0n) is 11.0. The van der Waals surface area contributed by atoms with Crippen LogP contribution in [0, 0.1) is 0 Å². The van der Waals surface area contributed by atoms with Crippen molar-refractivity contribution in [2.75, 3.05) is 19.7 Å². The van der Waals surface area contributed by atoms with Gasteiger partial charge in [0.2, 0.25) is 0 Å². The predicted octanol–water partition coefficient (Wildman–Crippen LogP) is 0.0974. The highest BCUT2D eigenvalue weighted by Crippen LogP contribution is 2.13. The van der Waals surface area contributed by atoms with Crippen LogP contribution in [0.5, 0.6) is 5.75 Å². The number of aliphatic carboxylic acids is 1. The number of carbonyl (C=O) groups is 3. The summed E-state index contributed by atoms with van der Waals surface area (Å²) in [7, 11) is 0. The minimum absolute atomic E-state index is 0.243. The number of primary amides is 1. The van der Waals surface area contributed by atoms with E-state index in [-0.39, 0.29) is 19.1 Å². The van der Waals surface area contributed by atoms with Crippen LogP contribution in [0.15, 0.2) is 24.3 Å². The highest BCUT2D eigenvalue weighted by atomic mass is 16.5. The molecule has 1 rings (SSSR count). The molecular weight excluding hydrogens is 264 g/mol. The fourth-order valence-electron chi connectivity index (χ4n) is 1.52. The number of ether oxygens (including phenoxy) is 1. The number of likely N-dealkylation sites (N-methyl/N-ethyl adjacent to an activating group) is 1. The summed E-state index contributed by atoms with van der Waals surface area (Å²) >= 11 is 0. The lowest BCUT2D eigenvalue weighted by Crippen LogP contribution is -2.35. The molecule has 0 bridgehead atoms. The van der Waals surface area contributed by atoms with Crippen LogP contribution in [-0.2, 0) is 9.59 Å². The molecule has 0 aliphatic rings. The largest absolute Gasteiger partial charge is 0.484 e. The molecule has 0 heterocycles. The highest BCUT2D eigenvalue weighted by Gasteiger charge is 2.16. The summed E-state index contributed by atoms with van der Waals surface area (Å²) in [6.45, 7) is 1.40. The lowest BCUT2D eigenvalue weighted by Gasteiger charge is -2.18. The van der Waals surface area contributed by atoms with E-state index in [1.807, 2.05) is 0 Å². The Hall–Kier alpha value is -2.57. The maximum absolute atomic E-state index is 12.0. The molecule has 7 nitrogen and oxygen atoms in total. The summed E-state index contributed by atoms with van der Waals surface area (Å²) in [6.07, 6.45) is 0. The zero-order chi connectivity index (χ0) is 15.1. The maximum atomic E-state index is 12.0. The van der Waals surface area contributed by atoms with Gasteiger partial charge in [-0.2, -0.15) is 0 Å². The zero-order valence-corrected chi connectivity index (χ0v) is 11.0. The smallest absolute Gasteiger partial charge is 0.323 e. The van der Waals surface area contributed by atoms with Gasteiger partial charge in [0.05, 0.1) is 0 Å². The second-order valence-corrected chi connectivity index (χ2v) is 3.99. The van der Waals surface area contributed by atoms with Crippen molar-refractivity contribution in [1.29, 1.82) is 0 Å². The Kier molecular flexibility index (Phi) is 5.52. The van der Waals surface area contributed by atoms with Crippen LogP contribution in [0.1, 0.15) is 17.3 Å². The third-order valence-electron chi connectivity index (χ3n) is 2.48. The molecule has 0 spiro atoms. The third-order valence-corrected chi connectivity index (χ3v) is 2.48. The van der Waals surface area contributed by atoms with Crippen LogP contribution in [0.25, 0.3) is 0 Å². The number of hydrogen-bond donors (Lipinski definition) is 2. The van der Waals surface area contributed by atoms with Gasteiger partial charge >= 0.3 is 5.97 Å². The molecule has 7 heteroatoms. The Bertz CT molecular complexity index is 498. The summed E-state index contributed by atoms with van der Waals surface area (Å²) in [5, 5.41) is 8.72. The Labute approximate surface area is 115 Å². The standard InChI is InChI=1S/C13H16N2O5/c1-2-15(7-12(17)18)13(19)9-3-5-10(6-4-9)20-8-11(14)16/h3-6H,2,7-8H2,1H3,(H2,14,16)(H,17,18). The molecule has 0 unspecified atom stereocenters. The molecule has 0 fully saturated rings. The number of amides is 2. The average Bonchev–Trinajstić information content (AvgIpc) is 2.42. The number of benzene rings is 1. The molecular formula is C13H16N2O5. The first-order valence-electron chi connectivity index (χ1n) is 5.96. The van der Waals surface area contributed by atoms with Crippen LogP contribution >= 0.6 is 0 Å². The number of carboxylic acids is 1. The Balaban J connectivity index is 2.73. The van der Waals surface area contributed by atoms with E-state index in [9.17, 15) is 14.4 Å². The van der Waals surface area contributed by atoms with Crippen LogP contribution in [0.4, 0.5) is 0 Å². The quantitative estimate of drug-likeness (QED) is 0.736. The summed E-state index contributed by atoms with van der Waals surface area (Å²) in [4.78, 5) is 34.5. The van der Waals surface area contributed by atoms with E-state index >= 15 is 0 Å². The van der Waals surface area contributed by atoms with Gasteiger partial charge in [-0.1, -0.05) is 0 Å². The van der Waals surface area contributed by atoms with Gasteiger partial charge in [-0.15, -0.1) is 0 Å². The van der Waals surface area contributed by atoms with E-state index in [1.54, 1.807) is 6.92 Å². The molecule has 0 aromatic heterocycles. The average molecular weight is 280 g/mol. The number of rotatable bonds is 7.